The molecule has 2 N–H and O–H groups in total. The van der Waals surface area contributed by atoms with E-state index in [2.05, 4.69) is 15.4 Å². The highest BCUT2D eigenvalue weighted by Crippen LogP contribution is 2.25. The van der Waals surface area contributed by atoms with Crippen LogP contribution >= 0.6 is 11.6 Å². The Kier molecular flexibility index (Phi) is 5.27. The van der Waals surface area contributed by atoms with E-state index in [9.17, 15) is 9.59 Å². The maximum atomic E-state index is 12.6. The third-order valence-electron chi connectivity index (χ3n) is 4.68. The van der Waals surface area contributed by atoms with Crippen LogP contribution in [0.25, 0.3) is 5.82 Å². The molecular weight excluding hydrogens is 356 g/mol. The van der Waals surface area contributed by atoms with Gasteiger partial charge in [0.1, 0.15) is 5.69 Å². The van der Waals surface area contributed by atoms with Gasteiger partial charge in [-0.05, 0) is 57.7 Å². The molecule has 26 heavy (non-hydrogen) atoms. The van der Waals surface area contributed by atoms with Crippen molar-refractivity contribution >= 4 is 23.5 Å². The van der Waals surface area contributed by atoms with Crippen molar-refractivity contribution in [1.29, 1.82) is 0 Å². The van der Waals surface area contributed by atoms with E-state index in [1.165, 1.54) is 0 Å². The lowest BCUT2D eigenvalue weighted by Gasteiger charge is -2.26. The van der Waals surface area contributed by atoms with Gasteiger partial charge in [-0.1, -0.05) is 11.6 Å². The number of carbonyl (C=O) groups excluding carboxylic acids is 1. The Morgan fingerprint density at radius 2 is 1.92 bits per heavy atom. The molecule has 1 saturated carbocycles. The Bertz CT molecular complexity index is 841. The number of rotatable bonds is 4. The number of amides is 1. The first kappa shape index (κ1) is 18.4. The van der Waals surface area contributed by atoms with Crippen molar-refractivity contribution in [2.24, 2.45) is 5.92 Å². The minimum absolute atomic E-state index is 0.0618. The molecule has 3 rings (SSSR count). The van der Waals surface area contributed by atoms with Gasteiger partial charge in [0.2, 0.25) is 0 Å². The second-order valence-electron chi connectivity index (χ2n) is 6.70. The first-order valence-electron chi connectivity index (χ1n) is 8.59. The summed E-state index contributed by atoms with van der Waals surface area (Å²) in [6.07, 6.45) is 2.40. The molecule has 0 spiro atoms. The first-order valence-corrected chi connectivity index (χ1v) is 8.97. The summed E-state index contributed by atoms with van der Waals surface area (Å²) in [5.41, 5.74) is 1.92. The Morgan fingerprint density at radius 3 is 2.50 bits per heavy atom. The zero-order valence-corrected chi connectivity index (χ0v) is 15.5. The molecule has 0 bridgehead atoms. The van der Waals surface area contributed by atoms with E-state index in [1.54, 1.807) is 16.8 Å². The summed E-state index contributed by atoms with van der Waals surface area (Å²) in [5, 5.41) is 16.6. The van der Waals surface area contributed by atoms with Crippen LogP contribution in [-0.4, -0.2) is 37.8 Å². The molecule has 0 unspecified atom stereocenters. The van der Waals surface area contributed by atoms with E-state index in [-0.39, 0.29) is 28.6 Å². The van der Waals surface area contributed by atoms with Gasteiger partial charge < -0.3 is 10.4 Å². The molecule has 0 atom stereocenters. The Morgan fingerprint density at radius 1 is 1.23 bits per heavy atom. The lowest BCUT2D eigenvalue weighted by Crippen LogP contribution is -2.39. The van der Waals surface area contributed by atoms with Gasteiger partial charge in [0.15, 0.2) is 5.82 Å². The van der Waals surface area contributed by atoms with Crippen LogP contribution in [0.2, 0.25) is 5.02 Å². The van der Waals surface area contributed by atoms with E-state index in [1.807, 2.05) is 19.9 Å². The number of nitrogens with zero attached hydrogens (tertiary/aromatic N) is 3. The maximum Gasteiger partial charge on any atom is 0.306 e. The van der Waals surface area contributed by atoms with Gasteiger partial charge in [0.25, 0.3) is 5.91 Å². The molecule has 2 aromatic rings. The normalized spacial score (nSPS) is 20.0. The number of aromatic nitrogens is 3. The van der Waals surface area contributed by atoms with Gasteiger partial charge in [-0.15, -0.1) is 0 Å². The summed E-state index contributed by atoms with van der Waals surface area (Å²) in [4.78, 5) is 28.0. The Hall–Kier alpha value is -2.41. The highest BCUT2D eigenvalue weighted by atomic mass is 35.5. The quantitative estimate of drug-likeness (QED) is 0.855. The molecule has 0 aliphatic heterocycles. The fraction of sp³-hybridized carbons (Fsp3) is 0.444. The molecule has 0 saturated heterocycles. The Labute approximate surface area is 156 Å². The molecular formula is C18H21ClN4O3. The lowest BCUT2D eigenvalue weighted by atomic mass is 9.86. The smallest absolute Gasteiger partial charge is 0.306 e. The number of carboxylic acids is 1. The van der Waals surface area contributed by atoms with Crippen LogP contribution in [0.4, 0.5) is 0 Å². The van der Waals surface area contributed by atoms with Crippen LogP contribution in [0.5, 0.6) is 0 Å². The molecule has 8 heteroatoms. The van der Waals surface area contributed by atoms with Crippen molar-refractivity contribution in [2.75, 3.05) is 0 Å². The zero-order valence-electron chi connectivity index (χ0n) is 14.7. The van der Waals surface area contributed by atoms with Gasteiger partial charge in [-0.3, -0.25) is 9.59 Å². The van der Waals surface area contributed by atoms with E-state index in [0.29, 0.717) is 31.5 Å². The zero-order chi connectivity index (χ0) is 18.8. The van der Waals surface area contributed by atoms with E-state index in [0.717, 1.165) is 11.4 Å². The highest BCUT2D eigenvalue weighted by Gasteiger charge is 2.27. The van der Waals surface area contributed by atoms with Gasteiger partial charge >= 0.3 is 5.97 Å². The van der Waals surface area contributed by atoms with Crippen molar-refractivity contribution in [1.82, 2.24) is 20.1 Å². The van der Waals surface area contributed by atoms with Crippen LogP contribution in [0, 0.1) is 19.8 Å². The number of nitrogens with one attached hydrogen (secondary N) is 1. The second-order valence-corrected chi connectivity index (χ2v) is 7.11. The number of aliphatic carboxylic acids is 1. The fourth-order valence-electron chi connectivity index (χ4n) is 3.31. The topological polar surface area (TPSA) is 97.1 Å². The number of halogens is 1. The number of hydrogen-bond acceptors (Lipinski definition) is 4. The molecule has 138 valence electrons. The summed E-state index contributed by atoms with van der Waals surface area (Å²) in [6.45, 7) is 3.80. The molecule has 1 amide bonds. The molecule has 0 radical (unpaired) electrons. The van der Waals surface area contributed by atoms with Crippen LogP contribution in [0.1, 0.15) is 47.6 Å². The van der Waals surface area contributed by atoms with Crippen molar-refractivity contribution in [3.8, 4) is 5.82 Å². The highest BCUT2D eigenvalue weighted by molar-refractivity contribution is 6.33. The Balaban J connectivity index is 1.74. The standard InChI is InChI=1S/C18H21ClN4O3/c1-10-9-11(2)23(22-10)15-8-7-14(19)16(21-15)17(24)20-13-5-3-12(4-6-13)18(25)26/h7-9,12-13H,3-6H2,1-2H3,(H,20,24)(H,25,26). The molecule has 1 aliphatic carbocycles. The number of aryl methyl sites for hydroxylation is 2. The predicted octanol–water partition coefficient (Wildman–Crippen LogP) is 2.91. The third kappa shape index (κ3) is 3.88. The monoisotopic (exact) mass is 376 g/mol. The summed E-state index contributed by atoms with van der Waals surface area (Å²) >= 11 is 6.18. The minimum Gasteiger partial charge on any atom is -0.481 e. The average molecular weight is 377 g/mol. The van der Waals surface area contributed by atoms with Gasteiger partial charge in [-0.25, -0.2) is 9.67 Å². The summed E-state index contributed by atoms with van der Waals surface area (Å²) in [7, 11) is 0. The fourth-order valence-corrected chi connectivity index (χ4v) is 3.50. The summed E-state index contributed by atoms with van der Waals surface area (Å²) in [5.74, 6) is -0.909. The molecule has 7 nitrogen and oxygen atoms in total. The van der Waals surface area contributed by atoms with Gasteiger partial charge in [-0.2, -0.15) is 5.10 Å². The van der Waals surface area contributed by atoms with Gasteiger partial charge in [0.05, 0.1) is 16.6 Å². The SMILES string of the molecule is Cc1cc(C)n(-c2ccc(Cl)c(C(=O)NC3CCC(C(=O)O)CC3)n2)n1. The summed E-state index contributed by atoms with van der Waals surface area (Å²) in [6, 6.07) is 5.22. The molecule has 2 aromatic heterocycles. The van der Waals surface area contributed by atoms with E-state index < -0.39 is 5.97 Å². The van der Waals surface area contributed by atoms with Crippen molar-refractivity contribution in [2.45, 2.75) is 45.6 Å². The van der Waals surface area contributed by atoms with Crippen LogP contribution in [0.3, 0.4) is 0 Å². The first-order chi connectivity index (χ1) is 12.3. The second kappa shape index (κ2) is 7.45. The average Bonchev–Trinajstić information content (AvgIpc) is 2.94. The maximum absolute atomic E-state index is 12.6. The largest absolute Gasteiger partial charge is 0.481 e. The molecule has 2 heterocycles. The van der Waals surface area contributed by atoms with Crippen LogP contribution < -0.4 is 5.32 Å². The lowest BCUT2D eigenvalue weighted by molar-refractivity contribution is -0.142. The predicted molar refractivity (Wildman–Crippen MR) is 96.7 cm³/mol. The third-order valence-corrected chi connectivity index (χ3v) is 4.99. The van der Waals surface area contributed by atoms with E-state index in [4.69, 9.17) is 16.7 Å². The van der Waals surface area contributed by atoms with Crippen LogP contribution in [0.15, 0.2) is 18.2 Å². The van der Waals surface area contributed by atoms with Crippen molar-refractivity contribution in [3.63, 3.8) is 0 Å². The summed E-state index contributed by atoms with van der Waals surface area (Å²) < 4.78 is 1.67. The number of pyridine rings is 1. The number of hydrogen-bond donors (Lipinski definition) is 2. The number of carbonyl (C=O) groups is 2. The molecule has 1 aliphatic rings. The molecule has 1 fully saturated rings. The van der Waals surface area contributed by atoms with Gasteiger partial charge in [0, 0.05) is 11.7 Å². The van der Waals surface area contributed by atoms with E-state index >= 15 is 0 Å². The van der Waals surface area contributed by atoms with Crippen LogP contribution in [-0.2, 0) is 4.79 Å². The molecule has 0 aromatic carbocycles. The minimum atomic E-state index is -0.767. The van der Waals surface area contributed by atoms with Crippen molar-refractivity contribution < 1.29 is 14.7 Å². The number of carboxylic acid groups (broad SMARTS) is 1. The van der Waals surface area contributed by atoms with Crippen molar-refractivity contribution in [3.05, 3.63) is 40.3 Å².